The van der Waals surface area contributed by atoms with Gasteiger partial charge in [-0.05, 0) is 30.9 Å². The van der Waals surface area contributed by atoms with Gasteiger partial charge in [0.15, 0.2) is 11.8 Å². The van der Waals surface area contributed by atoms with Crippen molar-refractivity contribution >= 4 is 17.6 Å². The van der Waals surface area contributed by atoms with Gasteiger partial charge in [0.05, 0.1) is 0 Å². The SMILES string of the molecule is O=C(NCCc1ccccc1)C1CCN(C(=O)[C@H](C(=O)c2ccccc2)n2ccccc2=O)CC1. The van der Waals surface area contributed by atoms with Gasteiger partial charge in [0, 0.05) is 43.4 Å². The molecule has 2 amide bonds. The van der Waals surface area contributed by atoms with Crippen LogP contribution in [0.3, 0.4) is 0 Å². The lowest BCUT2D eigenvalue weighted by atomic mass is 9.94. The van der Waals surface area contributed by atoms with E-state index < -0.39 is 23.3 Å². The zero-order chi connectivity index (χ0) is 24.6. The van der Waals surface area contributed by atoms with Gasteiger partial charge in [-0.25, -0.2) is 0 Å². The fourth-order valence-corrected chi connectivity index (χ4v) is 4.42. The second-order valence-electron chi connectivity index (χ2n) is 8.71. The number of ketones is 1. The molecule has 1 N–H and O–H groups in total. The van der Waals surface area contributed by atoms with E-state index in [0.717, 1.165) is 6.42 Å². The number of carbonyl (C=O) groups excluding carboxylic acids is 3. The number of nitrogens with one attached hydrogen (secondary N) is 1. The van der Waals surface area contributed by atoms with Gasteiger partial charge >= 0.3 is 0 Å². The van der Waals surface area contributed by atoms with Crippen molar-refractivity contribution in [3.05, 3.63) is 107 Å². The van der Waals surface area contributed by atoms with Crippen molar-refractivity contribution < 1.29 is 14.4 Å². The van der Waals surface area contributed by atoms with Crippen molar-refractivity contribution in [1.82, 2.24) is 14.8 Å². The number of benzene rings is 2. The molecule has 1 aliphatic rings. The molecule has 3 aromatic rings. The average Bonchev–Trinajstić information content (AvgIpc) is 2.91. The summed E-state index contributed by atoms with van der Waals surface area (Å²) in [6.07, 6.45) is 3.26. The molecule has 4 rings (SSSR count). The van der Waals surface area contributed by atoms with Crippen LogP contribution in [0, 0.1) is 5.92 Å². The Kier molecular flexibility index (Phi) is 7.88. The second kappa shape index (κ2) is 11.4. The van der Waals surface area contributed by atoms with Crippen molar-refractivity contribution in [2.24, 2.45) is 5.92 Å². The molecular weight excluding hydrogens is 442 g/mol. The van der Waals surface area contributed by atoms with Crippen LogP contribution in [0.4, 0.5) is 0 Å². The number of pyridine rings is 1. The molecule has 1 atom stereocenters. The molecule has 180 valence electrons. The number of likely N-dealkylation sites (tertiary alicyclic amines) is 1. The Hall–Kier alpha value is -4.00. The monoisotopic (exact) mass is 471 g/mol. The number of Topliss-reactive ketones (excluding diaryl/α,β-unsaturated/α-hetero) is 1. The van der Waals surface area contributed by atoms with Gasteiger partial charge in [-0.1, -0.05) is 66.7 Å². The predicted molar refractivity (Wildman–Crippen MR) is 133 cm³/mol. The first-order valence-corrected chi connectivity index (χ1v) is 11.9. The van der Waals surface area contributed by atoms with E-state index in [4.69, 9.17) is 0 Å². The molecule has 1 aromatic heterocycles. The van der Waals surface area contributed by atoms with Gasteiger partial charge < -0.3 is 10.2 Å². The minimum absolute atomic E-state index is 0.00998. The molecule has 1 saturated heterocycles. The molecule has 0 spiro atoms. The summed E-state index contributed by atoms with van der Waals surface area (Å²) in [5, 5.41) is 3.00. The highest BCUT2D eigenvalue weighted by atomic mass is 16.2. The molecule has 0 unspecified atom stereocenters. The highest BCUT2D eigenvalue weighted by molar-refractivity contribution is 6.11. The summed E-state index contributed by atoms with van der Waals surface area (Å²) in [5.74, 6) is -1.04. The number of carbonyl (C=O) groups is 3. The summed E-state index contributed by atoms with van der Waals surface area (Å²) in [5.41, 5.74) is 1.12. The van der Waals surface area contributed by atoms with Gasteiger partial charge in [0.25, 0.3) is 11.5 Å². The van der Waals surface area contributed by atoms with Gasteiger partial charge in [-0.15, -0.1) is 0 Å². The largest absolute Gasteiger partial charge is 0.356 e. The molecule has 0 radical (unpaired) electrons. The van der Waals surface area contributed by atoms with E-state index in [9.17, 15) is 19.2 Å². The van der Waals surface area contributed by atoms with E-state index in [1.165, 1.54) is 22.4 Å². The molecule has 0 bridgehead atoms. The second-order valence-corrected chi connectivity index (χ2v) is 8.71. The minimum atomic E-state index is -1.28. The van der Waals surface area contributed by atoms with E-state index in [1.807, 2.05) is 30.3 Å². The Labute approximate surface area is 204 Å². The maximum Gasteiger partial charge on any atom is 0.253 e. The van der Waals surface area contributed by atoms with Crippen LogP contribution in [-0.2, 0) is 16.0 Å². The van der Waals surface area contributed by atoms with Crippen LogP contribution in [0.2, 0.25) is 0 Å². The summed E-state index contributed by atoms with van der Waals surface area (Å²) in [4.78, 5) is 53.6. The molecular formula is C28H29N3O4. The first kappa shape index (κ1) is 24.1. The maximum atomic E-state index is 13.5. The van der Waals surface area contributed by atoms with E-state index in [1.54, 1.807) is 47.4 Å². The van der Waals surface area contributed by atoms with Crippen LogP contribution in [0.25, 0.3) is 0 Å². The summed E-state index contributed by atoms with van der Waals surface area (Å²) >= 11 is 0. The molecule has 0 saturated carbocycles. The Morgan fingerprint density at radius 2 is 1.49 bits per heavy atom. The van der Waals surface area contributed by atoms with E-state index in [2.05, 4.69) is 5.32 Å². The number of hydrogen-bond acceptors (Lipinski definition) is 4. The third-order valence-corrected chi connectivity index (χ3v) is 6.40. The van der Waals surface area contributed by atoms with Crippen LogP contribution in [0.5, 0.6) is 0 Å². The van der Waals surface area contributed by atoms with Crippen molar-refractivity contribution in [2.75, 3.05) is 19.6 Å². The number of amides is 2. The van der Waals surface area contributed by atoms with E-state index in [-0.39, 0.29) is 11.8 Å². The molecule has 1 aliphatic heterocycles. The van der Waals surface area contributed by atoms with Gasteiger partial charge in [-0.3, -0.25) is 23.7 Å². The zero-order valence-electron chi connectivity index (χ0n) is 19.5. The average molecular weight is 472 g/mol. The normalized spacial score (nSPS) is 14.8. The lowest BCUT2D eigenvalue weighted by Crippen LogP contribution is -2.48. The van der Waals surface area contributed by atoms with Crippen LogP contribution in [0.1, 0.15) is 34.8 Å². The molecule has 1 fully saturated rings. The van der Waals surface area contributed by atoms with Crippen LogP contribution >= 0.6 is 0 Å². The van der Waals surface area contributed by atoms with Gasteiger partial charge in [0.2, 0.25) is 5.91 Å². The Bertz CT molecular complexity index is 1220. The molecule has 35 heavy (non-hydrogen) atoms. The Morgan fingerprint density at radius 1 is 0.857 bits per heavy atom. The van der Waals surface area contributed by atoms with Gasteiger partial charge in [-0.2, -0.15) is 0 Å². The fourth-order valence-electron chi connectivity index (χ4n) is 4.42. The fraction of sp³-hybridized carbons (Fsp3) is 0.286. The van der Waals surface area contributed by atoms with E-state index in [0.29, 0.717) is 38.0 Å². The van der Waals surface area contributed by atoms with Crippen molar-refractivity contribution in [1.29, 1.82) is 0 Å². The summed E-state index contributed by atoms with van der Waals surface area (Å²) in [6.45, 7) is 1.28. The predicted octanol–water partition coefficient (Wildman–Crippen LogP) is 2.87. The van der Waals surface area contributed by atoms with Crippen LogP contribution < -0.4 is 10.9 Å². The summed E-state index contributed by atoms with van der Waals surface area (Å²) in [7, 11) is 0. The molecule has 7 nitrogen and oxygen atoms in total. The maximum absolute atomic E-state index is 13.5. The standard InChI is InChI=1S/C28H29N3O4/c32-24-13-7-8-18-31(24)25(26(33)22-11-5-2-6-12-22)28(35)30-19-15-23(16-20-30)27(34)29-17-14-21-9-3-1-4-10-21/h1-13,18,23,25H,14-17,19-20H2,(H,29,34)/t25-/m0/s1. The highest BCUT2D eigenvalue weighted by Gasteiger charge is 2.36. The molecule has 0 aliphatic carbocycles. The van der Waals surface area contributed by atoms with Crippen LogP contribution in [-0.4, -0.2) is 46.7 Å². The number of aromatic nitrogens is 1. The minimum Gasteiger partial charge on any atom is -0.356 e. The molecule has 2 heterocycles. The lowest BCUT2D eigenvalue weighted by molar-refractivity contribution is -0.137. The van der Waals surface area contributed by atoms with Crippen molar-refractivity contribution in [2.45, 2.75) is 25.3 Å². The number of rotatable bonds is 8. The smallest absolute Gasteiger partial charge is 0.253 e. The first-order chi connectivity index (χ1) is 17.0. The first-order valence-electron chi connectivity index (χ1n) is 11.9. The zero-order valence-corrected chi connectivity index (χ0v) is 19.5. The number of hydrogen-bond donors (Lipinski definition) is 1. The quantitative estimate of drug-likeness (QED) is 0.404. The molecule has 2 aromatic carbocycles. The van der Waals surface area contributed by atoms with Crippen molar-refractivity contribution in [3.63, 3.8) is 0 Å². The Balaban J connectivity index is 1.40. The number of nitrogens with zero attached hydrogens (tertiary/aromatic N) is 2. The van der Waals surface area contributed by atoms with Crippen LogP contribution in [0.15, 0.2) is 89.9 Å². The number of piperidine rings is 1. The molecule has 7 heteroatoms. The van der Waals surface area contributed by atoms with Crippen molar-refractivity contribution in [3.8, 4) is 0 Å². The third-order valence-electron chi connectivity index (χ3n) is 6.40. The highest BCUT2D eigenvalue weighted by Crippen LogP contribution is 2.22. The summed E-state index contributed by atoms with van der Waals surface area (Å²) < 4.78 is 1.19. The topological polar surface area (TPSA) is 88.5 Å². The lowest BCUT2D eigenvalue weighted by Gasteiger charge is -2.33. The Morgan fingerprint density at radius 3 is 2.14 bits per heavy atom. The third kappa shape index (κ3) is 5.93. The van der Waals surface area contributed by atoms with E-state index >= 15 is 0 Å². The summed E-state index contributed by atoms with van der Waals surface area (Å²) in [6, 6.07) is 21.8. The van der Waals surface area contributed by atoms with Gasteiger partial charge in [0.1, 0.15) is 0 Å².